The largest absolute Gasteiger partial charge is 0.462 e. The zero-order valence-electron chi connectivity index (χ0n) is 14.2. The number of ether oxygens (including phenoxy) is 2. The molecule has 0 saturated carbocycles. The summed E-state index contributed by atoms with van der Waals surface area (Å²) >= 11 is 0. The van der Waals surface area contributed by atoms with E-state index in [1.807, 2.05) is 13.0 Å². The van der Waals surface area contributed by atoms with Crippen molar-refractivity contribution in [1.29, 1.82) is 0 Å². The molecule has 0 atom stereocenters. The first-order valence-corrected chi connectivity index (χ1v) is 7.80. The molecule has 0 amide bonds. The molecular weight excluding hydrogens is 280 g/mol. The molecule has 0 aliphatic carbocycles. The lowest BCUT2D eigenvalue weighted by atomic mass is 9.85. The molecule has 122 valence electrons. The van der Waals surface area contributed by atoms with Gasteiger partial charge in [0.2, 0.25) is 0 Å². The molecular formula is C18H26O4. The quantitative estimate of drug-likeness (QED) is 0.586. The van der Waals surface area contributed by atoms with Gasteiger partial charge in [0.25, 0.3) is 0 Å². The van der Waals surface area contributed by atoms with Crippen LogP contribution >= 0.6 is 0 Å². The lowest BCUT2D eigenvalue weighted by Crippen LogP contribution is -2.18. The summed E-state index contributed by atoms with van der Waals surface area (Å²) in [6, 6.07) is 5.24. The third kappa shape index (κ3) is 4.86. The molecule has 0 aliphatic heterocycles. The molecule has 0 spiro atoms. The number of esters is 2. The summed E-state index contributed by atoms with van der Waals surface area (Å²) in [5, 5.41) is 0. The van der Waals surface area contributed by atoms with Gasteiger partial charge in [-0.15, -0.1) is 0 Å². The number of hydrogen-bond donors (Lipinski definition) is 0. The normalized spacial score (nSPS) is 11.1. The van der Waals surface area contributed by atoms with E-state index >= 15 is 0 Å². The van der Waals surface area contributed by atoms with Gasteiger partial charge in [0.05, 0.1) is 24.3 Å². The van der Waals surface area contributed by atoms with E-state index in [1.165, 1.54) is 0 Å². The Morgan fingerprint density at radius 3 is 2.18 bits per heavy atom. The van der Waals surface area contributed by atoms with Gasteiger partial charge >= 0.3 is 11.9 Å². The average Bonchev–Trinajstić information content (AvgIpc) is 2.46. The first-order chi connectivity index (χ1) is 10.3. The van der Waals surface area contributed by atoms with Gasteiger partial charge in [-0.25, -0.2) is 9.59 Å². The minimum absolute atomic E-state index is 0.119. The van der Waals surface area contributed by atoms with Crippen LogP contribution in [0.15, 0.2) is 18.2 Å². The zero-order valence-corrected chi connectivity index (χ0v) is 14.2. The van der Waals surface area contributed by atoms with Crippen molar-refractivity contribution in [2.45, 2.75) is 52.9 Å². The fourth-order valence-electron chi connectivity index (χ4n) is 1.95. The molecule has 0 fully saturated rings. The predicted octanol–water partition coefficient (Wildman–Crippen LogP) is 4.12. The highest BCUT2D eigenvalue weighted by Crippen LogP contribution is 2.25. The minimum Gasteiger partial charge on any atom is -0.462 e. The van der Waals surface area contributed by atoms with Crippen LogP contribution in [0.1, 0.15) is 73.7 Å². The maximum atomic E-state index is 12.3. The van der Waals surface area contributed by atoms with Gasteiger partial charge in [0, 0.05) is 0 Å². The van der Waals surface area contributed by atoms with Crippen molar-refractivity contribution in [3.05, 3.63) is 34.9 Å². The summed E-state index contributed by atoms with van der Waals surface area (Å²) in [5.74, 6) is -0.965. The van der Waals surface area contributed by atoms with E-state index in [4.69, 9.17) is 9.47 Å². The fourth-order valence-corrected chi connectivity index (χ4v) is 1.95. The standard InChI is InChI=1S/C18H26O4/c1-6-8-11-22-17(20)15-12-13(18(3,4)5)9-10-14(15)16(19)21-7-2/h9-10,12H,6-8,11H2,1-5H3. The first kappa shape index (κ1) is 18.2. The summed E-state index contributed by atoms with van der Waals surface area (Å²) in [7, 11) is 0. The highest BCUT2D eigenvalue weighted by Gasteiger charge is 2.23. The molecule has 0 bridgehead atoms. The Hall–Kier alpha value is -1.84. The highest BCUT2D eigenvalue weighted by atomic mass is 16.5. The SMILES string of the molecule is CCCCOC(=O)c1cc(C(C)(C)C)ccc1C(=O)OCC. The Balaban J connectivity index is 3.16. The van der Waals surface area contributed by atoms with Crippen LogP contribution in [0.2, 0.25) is 0 Å². The van der Waals surface area contributed by atoms with Crippen molar-refractivity contribution in [3.63, 3.8) is 0 Å². The van der Waals surface area contributed by atoms with E-state index in [9.17, 15) is 9.59 Å². The molecule has 4 heteroatoms. The lowest BCUT2D eigenvalue weighted by Gasteiger charge is -2.20. The van der Waals surface area contributed by atoms with Crippen LogP contribution in [0.5, 0.6) is 0 Å². The molecule has 0 saturated heterocycles. The van der Waals surface area contributed by atoms with Crippen molar-refractivity contribution < 1.29 is 19.1 Å². The molecule has 0 aromatic heterocycles. The van der Waals surface area contributed by atoms with E-state index < -0.39 is 11.9 Å². The smallest absolute Gasteiger partial charge is 0.339 e. The molecule has 0 N–H and O–H groups in total. The van der Waals surface area contributed by atoms with Crippen LogP contribution in [-0.4, -0.2) is 25.2 Å². The third-order valence-corrected chi connectivity index (χ3v) is 3.33. The average molecular weight is 306 g/mol. The van der Waals surface area contributed by atoms with Crippen molar-refractivity contribution in [1.82, 2.24) is 0 Å². The molecule has 1 rings (SSSR count). The van der Waals surface area contributed by atoms with Crippen LogP contribution in [-0.2, 0) is 14.9 Å². The maximum Gasteiger partial charge on any atom is 0.339 e. The van der Waals surface area contributed by atoms with Gasteiger partial charge in [-0.3, -0.25) is 0 Å². The van der Waals surface area contributed by atoms with Crippen LogP contribution in [0.25, 0.3) is 0 Å². The first-order valence-electron chi connectivity index (χ1n) is 7.80. The monoisotopic (exact) mass is 306 g/mol. The fraction of sp³-hybridized carbons (Fsp3) is 0.556. The van der Waals surface area contributed by atoms with Gasteiger partial charge < -0.3 is 9.47 Å². The van der Waals surface area contributed by atoms with Crippen molar-refractivity contribution in [3.8, 4) is 0 Å². The number of unbranched alkanes of at least 4 members (excludes halogenated alkanes) is 1. The molecule has 0 radical (unpaired) electrons. The summed E-state index contributed by atoms with van der Waals surface area (Å²) in [6.07, 6.45) is 1.75. The summed E-state index contributed by atoms with van der Waals surface area (Å²) in [4.78, 5) is 24.3. The maximum absolute atomic E-state index is 12.3. The predicted molar refractivity (Wildman–Crippen MR) is 86.3 cm³/mol. The zero-order chi connectivity index (χ0) is 16.8. The molecule has 0 aliphatic rings. The van der Waals surface area contributed by atoms with Crippen LogP contribution in [0.3, 0.4) is 0 Å². The van der Waals surface area contributed by atoms with E-state index in [-0.39, 0.29) is 23.1 Å². The number of benzene rings is 1. The summed E-state index contributed by atoms with van der Waals surface area (Å²) in [5.41, 5.74) is 1.40. The van der Waals surface area contributed by atoms with E-state index in [0.29, 0.717) is 6.61 Å². The molecule has 0 heterocycles. The Bertz CT molecular complexity index is 526. The second-order valence-electron chi connectivity index (χ2n) is 6.22. The highest BCUT2D eigenvalue weighted by molar-refractivity contribution is 6.03. The summed E-state index contributed by atoms with van der Waals surface area (Å²) in [6.45, 7) is 10.6. The van der Waals surface area contributed by atoms with Gasteiger partial charge in [-0.05, 0) is 36.5 Å². The van der Waals surface area contributed by atoms with Crippen molar-refractivity contribution in [2.75, 3.05) is 13.2 Å². The Labute approximate surface area is 132 Å². The number of carbonyl (C=O) groups excluding carboxylic acids is 2. The Morgan fingerprint density at radius 1 is 1.00 bits per heavy atom. The van der Waals surface area contributed by atoms with Gasteiger partial charge in [-0.2, -0.15) is 0 Å². The third-order valence-electron chi connectivity index (χ3n) is 3.33. The molecule has 0 unspecified atom stereocenters. The topological polar surface area (TPSA) is 52.6 Å². The van der Waals surface area contributed by atoms with Gasteiger partial charge in [0.1, 0.15) is 0 Å². The van der Waals surface area contributed by atoms with Crippen LogP contribution in [0, 0.1) is 0 Å². The summed E-state index contributed by atoms with van der Waals surface area (Å²) < 4.78 is 10.3. The number of carbonyl (C=O) groups is 2. The second kappa shape index (κ2) is 7.97. The molecule has 22 heavy (non-hydrogen) atoms. The second-order valence-corrected chi connectivity index (χ2v) is 6.22. The lowest BCUT2D eigenvalue weighted by molar-refractivity contribution is 0.0463. The van der Waals surface area contributed by atoms with E-state index in [2.05, 4.69) is 20.8 Å². The van der Waals surface area contributed by atoms with Crippen molar-refractivity contribution in [2.24, 2.45) is 0 Å². The Kier molecular flexibility index (Phi) is 6.60. The van der Waals surface area contributed by atoms with Gasteiger partial charge in [-0.1, -0.05) is 40.2 Å². The molecule has 1 aromatic carbocycles. The van der Waals surface area contributed by atoms with Gasteiger partial charge in [0.15, 0.2) is 0 Å². The van der Waals surface area contributed by atoms with Crippen LogP contribution in [0.4, 0.5) is 0 Å². The minimum atomic E-state index is -0.495. The molecule has 1 aromatic rings. The number of rotatable bonds is 6. The molecule has 4 nitrogen and oxygen atoms in total. The van der Waals surface area contributed by atoms with Crippen molar-refractivity contribution >= 4 is 11.9 Å². The van der Waals surface area contributed by atoms with E-state index in [1.54, 1.807) is 19.1 Å². The number of hydrogen-bond acceptors (Lipinski definition) is 4. The van der Waals surface area contributed by atoms with Crippen LogP contribution < -0.4 is 0 Å². The van der Waals surface area contributed by atoms with E-state index in [0.717, 1.165) is 18.4 Å². The Morgan fingerprint density at radius 2 is 1.64 bits per heavy atom.